The quantitative estimate of drug-likeness (QED) is 0.875. The van der Waals surface area contributed by atoms with Gasteiger partial charge in [-0.3, -0.25) is 0 Å². The summed E-state index contributed by atoms with van der Waals surface area (Å²) < 4.78 is 3.08. The fourth-order valence-electron chi connectivity index (χ4n) is 2.14. The molecule has 2 aromatic rings. The Hall–Kier alpha value is -1.13. The van der Waals surface area contributed by atoms with Crippen LogP contribution in [0.5, 0.6) is 0 Å². The predicted molar refractivity (Wildman–Crippen MR) is 71.4 cm³/mol. The van der Waals surface area contributed by atoms with Crippen molar-refractivity contribution in [2.75, 3.05) is 6.54 Å². The Morgan fingerprint density at radius 3 is 2.76 bits per heavy atom. The first-order chi connectivity index (χ1) is 8.25. The largest absolute Gasteiger partial charge is 0.311 e. The first kappa shape index (κ1) is 11.0. The zero-order chi connectivity index (χ0) is 11.8. The molecule has 0 spiro atoms. The number of hydrogen-bond donors (Lipinski definition) is 1. The molecule has 17 heavy (non-hydrogen) atoms. The molecule has 1 aromatic carbocycles. The molecule has 88 valence electrons. The van der Waals surface area contributed by atoms with E-state index in [1.807, 2.05) is 4.68 Å². The van der Waals surface area contributed by atoms with Gasteiger partial charge < -0.3 is 5.32 Å². The Kier molecular flexibility index (Phi) is 2.76. The van der Waals surface area contributed by atoms with Crippen LogP contribution in [0.1, 0.15) is 16.8 Å². The van der Waals surface area contributed by atoms with Gasteiger partial charge in [-0.05, 0) is 48.0 Å². The van der Waals surface area contributed by atoms with E-state index in [1.54, 1.807) is 0 Å². The average Bonchev–Trinajstić information content (AvgIpc) is 2.69. The van der Waals surface area contributed by atoms with E-state index in [4.69, 9.17) is 0 Å². The molecule has 0 fully saturated rings. The second-order valence-electron chi connectivity index (χ2n) is 4.39. The standard InChI is InChI=1S/C13H14BrN3/c1-9-2-4-10(5-3-9)17-13(14)11-6-7-15-8-12(11)16-17/h2-5,15H,6-8H2,1H3. The van der Waals surface area contributed by atoms with Crippen LogP contribution in [0.25, 0.3) is 5.69 Å². The summed E-state index contributed by atoms with van der Waals surface area (Å²) in [6.45, 7) is 3.99. The summed E-state index contributed by atoms with van der Waals surface area (Å²) in [5, 5.41) is 8.00. The van der Waals surface area contributed by atoms with E-state index in [9.17, 15) is 0 Å². The van der Waals surface area contributed by atoms with Gasteiger partial charge in [0.1, 0.15) is 4.60 Å². The Balaban J connectivity index is 2.09. The predicted octanol–water partition coefficient (Wildman–Crippen LogP) is 2.59. The maximum atomic E-state index is 4.66. The summed E-state index contributed by atoms with van der Waals surface area (Å²) >= 11 is 3.66. The van der Waals surface area contributed by atoms with Crippen molar-refractivity contribution in [3.05, 3.63) is 45.7 Å². The van der Waals surface area contributed by atoms with Crippen LogP contribution in [0.4, 0.5) is 0 Å². The van der Waals surface area contributed by atoms with Crippen LogP contribution in [0.2, 0.25) is 0 Å². The molecule has 0 amide bonds. The van der Waals surface area contributed by atoms with E-state index >= 15 is 0 Å². The molecule has 1 aliphatic heterocycles. The highest BCUT2D eigenvalue weighted by Crippen LogP contribution is 2.26. The molecule has 0 saturated heterocycles. The van der Waals surface area contributed by atoms with Crippen molar-refractivity contribution >= 4 is 15.9 Å². The number of rotatable bonds is 1. The third kappa shape index (κ3) is 1.91. The van der Waals surface area contributed by atoms with Crippen molar-refractivity contribution in [1.29, 1.82) is 0 Å². The first-order valence-electron chi connectivity index (χ1n) is 5.80. The van der Waals surface area contributed by atoms with Crippen molar-refractivity contribution in [2.45, 2.75) is 19.9 Å². The molecule has 1 aromatic heterocycles. The topological polar surface area (TPSA) is 29.9 Å². The molecule has 1 aliphatic rings. The molecule has 1 N–H and O–H groups in total. The maximum absolute atomic E-state index is 4.66. The number of benzene rings is 1. The van der Waals surface area contributed by atoms with Crippen LogP contribution in [-0.4, -0.2) is 16.3 Å². The van der Waals surface area contributed by atoms with Crippen LogP contribution >= 0.6 is 15.9 Å². The van der Waals surface area contributed by atoms with E-state index in [0.717, 1.165) is 35.5 Å². The summed E-state index contributed by atoms with van der Waals surface area (Å²) in [6.07, 6.45) is 1.04. The van der Waals surface area contributed by atoms with Crippen molar-refractivity contribution in [1.82, 2.24) is 15.1 Å². The maximum Gasteiger partial charge on any atom is 0.113 e. The molecule has 0 radical (unpaired) electrons. The van der Waals surface area contributed by atoms with Crippen molar-refractivity contribution in [3.8, 4) is 5.69 Å². The minimum absolute atomic E-state index is 0.868. The number of halogens is 1. The third-order valence-corrected chi connectivity index (χ3v) is 3.94. The molecule has 0 bridgehead atoms. The number of hydrogen-bond acceptors (Lipinski definition) is 2. The Bertz CT molecular complexity index is 543. The number of nitrogens with one attached hydrogen (secondary N) is 1. The van der Waals surface area contributed by atoms with Gasteiger partial charge in [0.15, 0.2) is 0 Å². The fraction of sp³-hybridized carbons (Fsp3) is 0.308. The monoisotopic (exact) mass is 291 g/mol. The number of fused-ring (bicyclic) bond motifs is 1. The van der Waals surface area contributed by atoms with Gasteiger partial charge >= 0.3 is 0 Å². The summed E-state index contributed by atoms with van der Waals surface area (Å²) in [4.78, 5) is 0. The smallest absolute Gasteiger partial charge is 0.113 e. The average molecular weight is 292 g/mol. The fourth-order valence-corrected chi connectivity index (χ4v) is 2.85. The van der Waals surface area contributed by atoms with Gasteiger partial charge in [0, 0.05) is 12.1 Å². The Morgan fingerprint density at radius 1 is 1.29 bits per heavy atom. The molecule has 3 nitrogen and oxygen atoms in total. The Morgan fingerprint density at radius 2 is 2.06 bits per heavy atom. The second kappa shape index (κ2) is 4.27. The van der Waals surface area contributed by atoms with E-state index in [-0.39, 0.29) is 0 Å². The normalized spacial score (nSPS) is 14.7. The summed E-state index contributed by atoms with van der Waals surface area (Å²) in [5.41, 5.74) is 4.87. The summed E-state index contributed by atoms with van der Waals surface area (Å²) in [6, 6.07) is 8.43. The molecular formula is C13H14BrN3. The third-order valence-electron chi connectivity index (χ3n) is 3.13. The van der Waals surface area contributed by atoms with Gasteiger partial charge in [0.25, 0.3) is 0 Å². The van der Waals surface area contributed by atoms with Gasteiger partial charge in [-0.1, -0.05) is 17.7 Å². The second-order valence-corrected chi connectivity index (χ2v) is 5.14. The van der Waals surface area contributed by atoms with Gasteiger partial charge in [-0.15, -0.1) is 0 Å². The summed E-state index contributed by atoms with van der Waals surface area (Å²) in [5.74, 6) is 0. The molecule has 2 heterocycles. The number of nitrogens with zero attached hydrogens (tertiary/aromatic N) is 2. The number of aryl methyl sites for hydroxylation is 1. The lowest BCUT2D eigenvalue weighted by Crippen LogP contribution is -2.23. The van der Waals surface area contributed by atoms with Crippen molar-refractivity contribution in [3.63, 3.8) is 0 Å². The van der Waals surface area contributed by atoms with E-state index in [0.29, 0.717) is 0 Å². The molecule has 0 aliphatic carbocycles. The van der Waals surface area contributed by atoms with E-state index in [2.05, 4.69) is 57.5 Å². The Labute approximate surface area is 109 Å². The molecule has 0 atom stereocenters. The molecular weight excluding hydrogens is 278 g/mol. The SMILES string of the molecule is Cc1ccc(-n2nc3c(c2Br)CCNC3)cc1. The molecule has 0 unspecified atom stereocenters. The lowest BCUT2D eigenvalue weighted by molar-refractivity contribution is 0.629. The van der Waals surface area contributed by atoms with Crippen molar-refractivity contribution < 1.29 is 0 Å². The van der Waals surface area contributed by atoms with Crippen LogP contribution in [0, 0.1) is 6.92 Å². The number of aromatic nitrogens is 2. The zero-order valence-corrected chi connectivity index (χ0v) is 11.3. The lowest BCUT2D eigenvalue weighted by atomic mass is 10.1. The summed E-state index contributed by atoms with van der Waals surface area (Å²) in [7, 11) is 0. The first-order valence-corrected chi connectivity index (χ1v) is 6.59. The van der Waals surface area contributed by atoms with Crippen LogP contribution in [0.15, 0.2) is 28.9 Å². The van der Waals surface area contributed by atoms with Crippen LogP contribution < -0.4 is 5.32 Å². The molecule has 4 heteroatoms. The molecule has 0 saturated carbocycles. The minimum Gasteiger partial charge on any atom is -0.311 e. The van der Waals surface area contributed by atoms with Gasteiger partial charge in [-0.2, -0.15) is 5.10 Å². The highest BCUT2D eigenvalue weighted by atomic mass is 79.9. The van der Waals surface area contributed by atoms with E-state index < -0.39 is 0 Å². The van der Waals surface area contributed by atoms with Crippen LogP contribution in [0.3, 0.4) is 0 Å². The van der Waals surface area contributed by atoms with Crippen molar-refractivity contribution in [2.24, 2.45) is 0 Å². The lowest BCUT2D eigenvalue weighted by Gasteiger charge is -2.10. The zero-order valence-electron chi connectivity index (χ0n) is 9.70. The molecule has 3 rings (SSSR count). The minimum atomic E-state index is 0.868. The van der Waals surface area contributed by atoms with Gasteiger partial charge in [0.05, 0.1) is 11.4 Å². The van der Waals surface area contributed by atoms with Gasteiger partial charge in [-0.25, -0.2) is 4.68 Å². The highest BCUT2D eigenvalue weighted by molar-refractivity contribution is 9.10. The van der Waals surface area contributed by atoms with E-state index in [1.165, 1.54) is 11.1 Å². The van der Waals surface area contributed by atoms with Gasteiger partial charge in [0.2, 0.25) is 0 Å². The van der Waals surface area contributed by atoms with Crippen LogP contribution in [-0.2, 0) is 13.0 Å². The highest BCUT2D eigenvalue weighted by Gasteiger charge is 2.19.